The van der Waals surface area contributed by atoms with E-state index in [9.17, 15) is 9.90 Å². The van der Waals surface area contributed by atoms with Crippen molar-refractivity contribution in [3.63, 3.8) is 0 Å². The average Bonchev–Trinajstić information content (AvgIpc) is 2.50. The summed E-state index contributed by atoms with van der Waals surface area (Å²) in [5.74, 6) is -0.0738. The number of nitrogens with one attached hydrogen (secondary N) is 1. The van der Waals surface area contributed by atoms with E-state index in [0.717, 1.165) is 16.3 Å². The highest BCUT2D eigenvalue weighted by atomic mass is 16.3. The van der Waals surface area contributed by atoms with Gasteiger partial charge in [0.2, 0.25) is 5.91 Å². The van der Waals surface area contributed by atoms with Crippen molar-refractivity contribution < 1.29 is 9.90 Å². The van der Waals surface area contributed by atoms with Crippen LogP contribution in [0, 0.1) is 0 Å². The summed E-state index contributed by atoms with van der Waals surface area (Å²) in [6.45, 7) is 0.725. The number of benzene rings is 2. The van der Waals surface area contributed by atoms with Gasteiger partial charge in [0.1, 0.15) is 0 Å². The standard InChI is InChI=1S/C16H20N2O2/c17-9-3-6-16(20)18-11-15(19)14-8-7-12-4-1-2-5-13(12)10-14/h1-2,4-5,7-8,10,15,19H,3,6,9,11,17H2,(H,18,20). The van der Waals surface area contributed by atoms with E-state index in [1.54, 1.807) is 0 Å². The van der Waals surface area contributed by atoms with Gasteiger partial charge in [-0.25, -0.2) is 0 Å². The lowest BCUT2D eigenvalue weighted by molar-refractivity contribution is -0.121. The Morgan fingerprint density at radius 2 is 1.95 bits per heavy atom. The number of fused-ring (bicyclic) bond motifs is 1. The van der Waals surface area contributed by atoms with Crippen LogP contribution in [0.25, 0.3) is 10.8 Å². The van der Waals surface area contributed by atoms with E-state index in [2.05, 4.69) is 5.32 Å². The molecular formula is C16H20N2O2. The lowest BCUT2D eigenvalue weighted by Gasteiger charge is -2.13. The van der Waals surface area contributed by atoms with Crippen molar-refractivity contribution in [2.45, 2.75) is 18.9 Å². The Hall–Kier alpha value is -1.91. The zero-order valence-electron chi connectivity index (χ0n) is 11.4. The Morgan fingerprint density at radius 1 is 1.20 bits per heavy atom. The summed E-state index contributed by atoms with van der Waals surface area (Å²) in [7, 11) is 0. The Kier molecular flexibility index (Phi) is 5.09. The molecule has 4 N–H and O–H groups in total. The van der Waals surface area contributed by atoms with Crippen LogP contribution in [0.15, 0.2) is 42.5 Å². The third-order valence-electron chi connectivity index (χ3n) is 3.26. The van der Waals surface area contributed by atoms with Crippen molar-refractivity contribution in [3.8, 4) is 0 Å². The summed E-state index contributed by atoms with van der Waals surface area (Å²) < 4.78 is 0. The van der Waals surface area contributed by atoms with E-state index >= 15 is 0 Å². The van der Waals surface area contributed by atoms with Crippen LogP contribution >= 0.6 is 0 Å². The monoisotopic (exact) mass is 272 g/mol. The summed E-state index contributed by atoms with van der Waals surface area (Å²) in [6, 6.07) is 13.8. The predicted octanol–water partition coefficient (Wildman–Crippen LogP) is 1.73. The summed E-state index contributed by atoms with van der Waals surface area (Å²) >= 11 is 0. The molecule has 4 nitrogen and oxygen atoms in total. The minimum absolute atomic E-state index is 0.0738. The molecule has 2 aromatic carbocycles. The lowest BCUT2D eigenvalue weighted by atomic mass is 10.0. The average molecular weight is 272 g/mol. The molecule has 0 saturated heterocycles. The van der Waals surface area contributed by atoms with Gasteiger partial charge >= 0.3 is 0 Å². The number of aliphatic hydroxyl groups excluding tert-OH is 1. The van der Waals surface area contributed by atoms with Gasteiger partial charge in [-0.15, -0.1) is 0 Å². The third-order valence-corrected chi connectivity index (χ3v) is 3.26. The molecule has 0 aliphatic carbocycles. The quantitative estimate of drug-likeness (QED) is 0.749. The van der Waals surface area contributed by atoms with Crippen molar-refractivity contribution >= 4 is 16.7 Å². The smallest absolute Gasteiger partial charge is 0.220 e. The van der Waals surface area contributed by atoms with Gasteiger partial charge in [0, 0.05) is 13.0 Å². The lowest BCUT2D eigenvalue weighted by Crippen LogP contribution is -2.28. The number of amides is 1. The maximum absolute atomic E-state index is 11.5. The predicted molar refractivity (Wildman–Crippen MR) is 80.2 cm³/mol. The van der Waals surface area contributed by atoms with E-state index < -0.39 is 6.10 Å². The van der Waals surface area contributed by atoms with Gasteiger partial charge < -0.3 is 16.2 Å². The fraction of sp³-hybridized carbons (Fsp3) is 0.312. The molecule has 2 aromatic rings. The molecule has 0 radical (unpaired) electrons. The SMILES string of the molecule is NCCCC(=O)NCC(O)c1ccc2ccccc2c1. The Morgan fingerprint density at radius 3 is 2.70 bits per heavy atom. The Labute approximate surface area is 118 Å². The molecule has 1 atom stereocenters. The normalized spacial score (nSPS) is 12.3. The highest BCUT2D eigenvalue weighted by molar-refractivity contribution is 5.83. The molecule has 0 aliphatic rings. The molecular weight excluding hydrogens is 252 g/mol. The number of carbonyl (C=O) groups excluding carboxylic acids is 1. The maximum Gasteiger partial charge on any atom is 0.220 e. The van der Waals surface area contributed by atoms with Crippen LogP contribution in [0.5, 0.6) is 0 Å². The first-order chi connectivity index (χ1) is 9.70. The van der Waals surface area contributed by atoms with Crippen molar-refractivity contribution in [3.05, 3.63) is 48.0 Å². The summed E-state index contributed by atoms with van der Waals surface area (Å²) in [6.07, 6.45) is 0.375. The first-order valence-corrected chi connectivity index (χ1v) is 6.84. The topological polar surface area (TPSA) is 75.4 Å². The molecule has 0 aromatic heterocycles. The second-order valence-corrected chi connectivity index (χ2v) is 4.82. The van der Waals surface area contributed by atoms with Crippen molar-refractivity contribution in [1.82, 2.24) is 5.32 Å². The highest BCUT2D eigenvalue weighted by Crippen LogP contribution is 2.20. The molecule has 0 bridgehead atoms. The van der Waals surface area contributed by atoms with Crippen LogP contribution in [-0.2, 0) is 4.79 Å². The largest absolute Gasteiger partial charge is 0.387 e. The minimum atomic E-state index is -0.693. The van der Waals surface area contributed by atoms with Crippen molar-refractivity contribution in [2.24, 2.45) is 5.73 Å². The molecule has 1 unspecified atom stereocenters. The van der Waals surface area contributed by atoms with Gasteiger partial charge in [-0.2, -0.15) is 0 Å². The summed E-state index contributed by atoms with van der Waals surface area (Å²) in [5, 5.41) is 15.1. The number of carbonyl (C=O) groups is 1. The number of rotatable bonds is 6. The number of hydrogen-bond donors (Lipinski definition) is 3. The van der Waals surface area contributed by atoms with Crippen LogP contribution in [-0.4, -0.2) is 24.1 Å². The Bertz CT molecular complexity index is 583. The first kappa shape index (κ1) is 14.5. The number of aliphatic hydroxyl groups is 1. The molecule has 2 rings (SSSR count). The van der Waals surface area contributed by atoms with Gasteiger partial charge in [-0.3, -0.25) is 4.79 Å². The summed E-state index contributed by atoms with van der Waals surface area (Å²) in [4.78, 5) is 11.5. The molecule has 0 saturated carbocycles. The molecule has 106 valence electrons. The van der Waals surface area contributed by atoms with Crippen LogP contribution in [0.3, 0.4) is 0 Å². The van der Waals surface area contributed by atoms with Gasteiger partial charge in [-0.05, 0) is 35.4 Å². The third kappa shape index (κ3) is 3.79. The molecule has 4 heteroatoms. The number of hydrogen-bond acceptors (Lipinski definition) is 3. The van der Waals surface area contributed by atoms with E-state index in [-0.39, 0.29) is 12.5 Å². The van der Waals surface area contributed by atoms with E-state index in [0.29, 0.717) is 19.4 Å². The molecule has 0 spiro atoms. The second kappa shape index (κ2) is 7.03. The summed E-state index contributed by atoms with van der Waals surface area (Å²) in [5.41, 5.74) is 6.16. The van der Waals surface area contributed by atoms with Crippen molar-refractivity contribution in [2.75, 3.05) is 13.1 Å². The van der Waals surface area contributed by atoms with Crippen LogP contribution < -0.4 is 11.1 Å². The highest BCUT2D eigenvalue weighted by Gasteiger charge is 2.09. The second-order valence-electron chi connectivity index (χ2n) is 4.82. The molecule has 0 fully saturated rings. The Balaban J connectivity index is 1.97. The fourth-order valence-corrected chi connectivity index (χ4v) is 2.09. The fourth-order valence-electron chi connectivity index (χ4n) is 2.09. The van der Waals surface area contributed by atoms with Crippen molar-refractivity contribution in [1.29, 1.82) is 0 Å². The van der Waals surface area contributed by atoms with E-state index in [1.165, 1.54) is 0 Å². The number of nitrogens with two attached hydrogens (primary N) is 1. The van der Waals surface area contributed by atoms with Gasteiger partial charge in [0.05, 0.1) is 6.10 Å². The van der Waals surface area contributed by atoms with Gasteiger partial charge in [0.25, 0.3) is 0 Å². The van der Waals surface area contributed by atoms with Gasteiger partial charge in [-0.1, -0.05) is 36.4 Å². The van der Waals surface area contributed by atoms with Gasteiger partial charge in [0.15, 0.2) is 0 Å². The zero-order chi connectivity index (χ0) is 14.4. The minimum Gasteiger partial charge on any atom is -0.387 e. The van der Waals surface area contributed by atoms with Crippen LogP contribution in [0.1, 0.15) is 24.5 Å². The zero-order valence-corrected chi connectivity index (χ0v) is 11.4. The molecule has 0 aliphatic heterocycles. The maximum atomic E-state index is 11.5. The van der Waals surface area contributed by atoms with E-state index in [4.69, 9.17) is 5.73 Å². The van der Waals surface area contributed by atoms with Crippen LogP contribution in [0.4, 0.5) is 0 Å². The first-order valence-electron chi connectivity index (χ1n) is 6.84. The molecule has 0 heterocycles. The molecule has 1 amide bonds. The van der Waals surface area contributed by atoms with E-state index in [1.807, 2.05) is 42.5 Å². The van der Waals surface area contributed by atoms with Crippen LogP contribution in [0.2, 0.25) is 0 Å². The molecule has 20 heavy (non-hydrogen) atoms.